The first-order valence-corrected chi connectivity index (χ1v) is 8.56. The minimum atomic E-state index is -0.545. The third-order valence-corrected chi connectivity index (χ3v) is 4.40. The molecular weight excluding hydrogens is 366 g/mol. The van der Waals surface area contributed by atoms with Gasteiger partial charge >= 0.3 is 5.69 Å². The summed E-state index contributed by atoms with van der Waals surface area (Å²) >= 11 is 6.09. The van der Waals surface area contributed by atoms with Gasteiger partial charge in [-0.25, -0.2) is 4.79 Å². The Hall–Kier alpha value is -3.45. The number of para-hydroxylation sites is 1. The number of rotatable bonds is 4. The van der Waals surface area contributed by atoms with Gasteiger partial charge in [-0.3, -0.25) is 4.79 Å². The van der Waals surface area contributed by atoms with E-state index in [1.807, 2.05) is 42.5 Å². The van der Waals surface area contributed by atoms with Crippen LogP contribution in [-0.2, 0) is 11.3 Å². The Balaban J connectivity index is 1.57. The van der Waals surface area contributed by atoms with Crippen molar-refractivity contribution in [3.8, 4) is 5.69 Å². The lowest BCUT2D eigenvalue weighted by Gasteiger charge is -2.08. The molecule has 3 aromatic carbocycles. The summed E-state index contributed by atoms with van der Waals surface area (Å²) in [4.78, 5) is 24.9. The quantitative estimate of drug-likeness (QED) is 0.591. The molecule has 0 aliphatic rings. The second kappa shape index (κ2) is 7.05. The third-order valence-electron chi connectivity index (χ3n) is 4.08. The van der Waals surface area contributed by atoms with Crippen LogP contribution in [0.4, 0.5) is 5.69 Å². The van der Waals surface area contributed by atoms with E-state index in [4.69, 9.17) is 11.6 Å². The van der Waals surface area contributed by atoms with Gasteiger partial charge in [0.05, 0.1) is 10.7 Å². The Morgan fingerprint density at radius 3 is 2.56 bits per heavy atom. The fraction of sp³-hybridized carbons (Fsp3) is 0.0526. The molecule has 0 spiro atoms. The van der Waals surface area contributed by atoms with Gasteiger partial charge in [0, 0.05) is 11.1 Å². The SMILES string of the molecule is O=C(Cn1nnn(-c2ccccc2Cl)c1=O)Nc1cccc2ccccc12. The molecule has 4 aromatic rings. The van der Waals surface area contributed by atoms with Gasteiger partial charge in [0.15, 0.2) is 0 Å². The van der Waals surface area contributed by atoms with E-state index in [1.54, 1.807) is 24.3 Å². The Bertz CT molecular complexity index is 1190. The zero-order valence-corrected chi connectivity index (χ0v) is 14.8. The average molecular weight is 380 g/mol. The van der Waals surface area contributed by atoms with Gasteiger partial charge < -0.3 is 5.32 Å². The number of aromatic nitrogens is 4. The van der Waals surface area contributed by atoms with Gasteiger partial charge in [0.25, 0.3) is 0 Å². The van der Waals surface area contributed by atoms with E-state index in [0.717, 1.165) is 20.1 Å². The molecule has 7 nitrogen and oxygen atoms in total. The van der Waals surface area contributed by atoms with Crippen LogP contribution < -0.4 is 11.0 Å². The van der Waals surface area contributed by atoms with Gasteiger partial charge in [0.2, 0.25) is 5.91 Å². The predicted molar refractivity (Wildman–Crippen MR) is 103 cm³/mol. The molecule has 134 valence electrons. The van der Waals surface area contributed by atoms with Gasteiger partial charge in [0.1, 0.15) is 6.54 Å². The van der Waals surface area contributed by atoms with Crippen molar-refractivity contribution in [2.24, 2.45) is 0 Å². The number of hydrogen-bond donors (Lipinski definition) is 1. The molecule has 0 saturated heterocycles. The van der Waals surface area contributed by atoms with Crippen LogP contribution in [0, 0.1) is 0 Å². The van der Waals surface area contributed by atoms with E-state index < -0.39 is 5.69 Å². The normalized spacial score (nSPS) is 10.9. The van der Waals surface area contributed by atoms with Gasteiger partial charge in [-0.15, -0.1) is 0 Å². The second-order valence-corrected chi connectivity index (χ2v) is 6.26. The molecule has 8 heteroatoms. The van der Waals surface area contributed by atoms with Crippen LogP contribution in [0.2, 0.25) is 5.02 Å². The topological polar surface area (TPSA) is 81.8 Å². The Kier molecular flexibility index (Phi) is 4.43. The summed E-state index contributed by atoms with van der Waals surface area (Å²) in [5, 5.41) is 12.7. The molecule has 1 heterocycles. The number of nitrogens with zero attached hydrogens (tertiary/aromatic N) is 4. The fourth-order valence-corrected chi connectivity index (χ4v) is 3.02. The van der Waals surface area contributed by atoms with Gasteiger partial charge in [-0.2, -0.15) is 9.36 Å². The Morgan fingerprint density at radius 1 is 0.963 bits per heavy atom. The smallest absolute Gasteiger partial charge is 0.324 e. The van der Waals surface area contributed by atoms with Crippen molar-refractivity contribution in [3.05, 3.63) is 82.2 Å². The number of benzene rings is 3. The molecule has 1 N–H and O–H groups in total. The van der Waals surface area contributed by atoms with Crippen LogP contribution in [0.5, 0.6) is 0 Å². The molecule has 1 amide bonds. The lowest BCUT2D eigenvalue weighted by atomic mass is 10.1. The lowest BCUT2D eigenvalue weighted by molar-refractivity contribution is -0.117. The number of nitrogens with one attached hydrogen (secondary N) is 1. The van der Waals surface area contributed by atoms with Crippen molar-refractivity contribution in [1.29, 1.82) is 0 Å². The van der Waals surface area contributed by atoms with E-state index in [9.17, 15) is 9.59 Å². The highest BCUT2D eigenvalue weighted by Crippen LogP contribution is 2.22. The Morgan fingerprint density at radius 2 is 1.70 bits per heavy atom. The molecule has 0 aliphatic heterocycles. The summed E-state index contributed by atoms with van der Waals surface area (Å²) in [5.74, 6) is -0.375. The van der Waals surface area contributed by atoms with Crippen molar-refractivity contribution < 1.29 is 4.79 Å². The maximum atomic E-state index is 12.5. The highest BCUT2D eigenvalue weighted by atomic mass is 35.5. The van der Waals surface area contributed by atoms with E-state index in [2.05, 4.69) is 15.7 Å². The van der Waals surface area contributed by atoms with Crippen molar-refractivity contribution in [3.63, 3.8) is 0 Å². The summed E-state index contributed by atoms with van der Waals surface area (Å²) in [6.07, 6.45) is 0. The van der Waals surface area contributed by atoms with Crippen molar-refractivity contribution in [2.45, 2.75) is 6.54 Å². The van der Waals surface area contributed by atoms with Crippen LogP contribution in [0.25, 0.3) is 16.5 Å². The van der Waals surface area contributed by atoms with Crippen molar-refractivity contribution >= 4 is 34.0 Å². The summed E-state index contributed by atoms with van der Waals surface area (Å²) in [5.41, 5.74) is 0.533. The van der Waals surface area contributed by atoms with Crippen LogP contribution in [-0.4, -0.2) is 25.7 Å². The first-order chi connectivity index (χ1) is 13.1. The van der Waals surface area contributed by atoms with E-state index in [0.29, 0.717) is 16.4 Å². The minimum Gasteiger partial charge on any atom is -0.324 e. The van der Waals surface area contributed by atoms with Gasteiger partial charge in [-0.05, 0) is 34.0 Å². The minimum absolute atomic E-state index is 0.257. The Labute approximate surface area is 158 Å². The molecule has 27 heavy (non-hydrogen) atoms. The standard InChI is InChI=1S/C19H14ClN5O2/c20-15-9-3-4-11-17(15)25-19(27)24(22-23-25)12-18(26)21-16-10-5-7-13-6-1-2-8-14(13)16/h1-11H,12H2,(H,21,26). The molecule has 0 radical (unpaired) electrons. The maximum absolute atomic E-state index is 12.5. The highest BCUT2D eigenvalue weighted by molar-refractivity contribution is 6.32. The van der Waals surface area contributed by atoms with E-state index in [1.165, 1.54) is 0 Å². The number of hydrogen-bond acceptors (Lipinski definition) is 4. The maximum Gasteiger partial charge on any atom is 0.369 e. The zero-order chi connectivity index (χ0) is 18.8. The molecule has 0 bridgehead atoms. The largest absolute Gasteiger partial charge is 0.369 e. The predicted octanol–water partition coefficient (Wildman–Crippen LogP) is 2.87. The van der Waals surface area contributed by atoms with Crippen molar-refractivity contribution in [1.82, 2.24) is 19.8 Å². The third kappa shape index (κ3) is 3.32. The van der Waals surface area contributed by atoms with Gasteiger partial charge in [-0.1, -0.05) is 60.1 Å². The summed E-state index contributed by atoms with van der Waals surface area (Å²) < 4.78 is 2.05. The number of halogens is 1. The average Bonchev–Trinajstić information content (AvgIpc) is 3.03. The summed E-state index contributed by atoms with van der Waals surface area (Å²) in [7, 11) is 0. The lowest BCUT2D eigenvalue weighted by Crippen LogP contribution is -2.29. The number of amides is 1. The van der Waals surface area contributed by atoms with Crippen LogP contribution >= 0.6 is 11.6 Å². The van der Waals surface area contributed by atoms with Crippen LogP contribution in [0.3, 0.4) is 0 Å². The number of tetrazole rings is 1. The molecule has 0 aliphatic carbocycles. The fourth-order valence-electron chi connectivity index (χ4n) is 2.81. The van der Waals surface area contributed by atoms with Crippen molar-refractivity contribution in [2.75, 3.05) is 5.32 Å². The summed E-state index contributed by atoms with van der Waals surface area (Å²) in [6, 6.07) is 20.1. The van der Waals surface area contributed by atoms with E-state index in [-0.39, 0.29) is 12.5 Å². The summed E-state index contributed by atoms with van der Waals surface area (Å²) in [6.45, 7) is -0.257. The first-order valence-electron chi connectivity index (χ1n) is 8.19. The van der Waals surface area contributed by atoms with E-state index >= 15 is 0 Å². The number of carbonyl (C=O) groups excluding carboxylic acids is 1. The van der Waals surface area contributed by atoms with Crippen LogP contribution in [0.15, 0.2) is 71.5 Å². The monoisotopic (exact) mass is 379 g/mol. The number of fused-ring (bicyclic) bond motifs is 1. The van der Waals surface area contributed by atoms with Crippen LogP contribution in [0.1, 0.15) is 0 Å². The first kappa shape index (κ1) is 17.0. The second-order valence-electron chi connectivity index (χ2n) is 5.86. The highest BCUT2D eigenvalue weighted by Gasteiger charge is 2.14. The zero-order valence-electron chi connectivity index (χ0n) is 14.0. The molecule has 0 saturated carbocycles. The number of anilines is 1. The molecule has 0 unspecified atom stereocenters. The molecule has 1 aromatic heterocycles. The number of carbonyl (C=O) groups is 1. The molecule has 0 fully saturated rings. The molecule has 4 rings (SSSR count). The molecule has 0 atom stereocenters. The molecular formula is C19H14ClN5O2.